The fourth-order valence-electron chi connectivity index (χ4n) is 3.17. The average Bonchev–Trinajstić information content (AvgIpc) is 3.12. The first kappa shape index (κ1) is 15.9. The zero-order chi connectivity index (χ0) is 16.8. The van der Waals surface area contributed by atoms with Gasteiger partial charge in [-0.3, -0.25) is 14.6 Å². The van der Waals surface area contributed by atoms with Crippen molar-refractivity contribution in [2.45, 2.75) is 58.2 Å². The second kappa shape index (κ2) is 5.59. The van der Waals surface area contributed by atoms with Gasteiger partial charge in [0.1, 0.15) is 5.54 Å². The van der Waals surface area contributed by atoms with Crippen LogP contribution in [0, 0.1) is 0 Å². The molecule has 2 aliphatic rings. The Morgan fingerprint density at radius 1 is 1.30 bits per heavy atom. The third-order valence-corrected chi connectivity index (χ3v) is 4.42. The van der Waals surface area contributed by atoms with Crippen molar-refractivity contribution in [1.29, 1.82) is 0 Å². The molecule has 1 aromatic heterocycles. The van der Waals surface area contributed by atoms with E-state index in [9.17, 15) is 9.59 Å². The van der Waals surface area contributed by atoms with Crippen molar-refractivity contribution in [2.24, 2.45) is 0 Å². The van der Waals surface area contributed by atoms with Crippen molar-refractivity contribution in [1.82, 2.24) is 25.3 Å². The summed E-state index contributed by atoms with van der Waals surface area (Å²) in [5.74, 6) is 1.31. The van der Waals surface area contributed by atoms with Crippen LogP contribution in [-0.2, 0) is 11.3 Å². The Bertz CT molecular complexity index is 626. The van der Waals surface area contributed by atoms with Gasteiger partial charge in [0.05, 0.1) is 6.54 Å². The van der Waals surface area contributed by atoms with Crippen molar-refractivity contribution in [3.8, 4) is 0 Å². The quantitative estimate of drug-likeness (QED) is 0.835. The van der Waals surface area contributed by atoms with Crippen LogP contribution in [0.15, 0.2) is 4.52 Å². The third-order valence-electron chi connectivity index (χ3n) is 4.42. The molecule has 0 aromatic carbocycles. The normalized spacial score (nSPS) is 25.4. The molecule has 3 amide bonds. The van der Waals surface area contributed by atoms with E-state index in [1.54, 1.807) is 0 Å². The summed E-state index contributed by atoms with van der Waals surface area (Å²) in [5, 5.41) is 6.83. The third kappa shape index (κ3) is 2.71. The lowest BCUT2D eigenvalue weighted by molar-refractivity contribution is -0.132. The number of aromatic nitrogens is 2. The largest absolute Gasteiger partial charge is 0.338 e. The van der Waals surface area contributed by atoms with Gasteiger partial charge in [-0.1, -0.05) is 19.0 Å². The van der Waals surface area contributed by atoms with Gasteiger partial charge in [0.2, 0.25) is 5.89 Å². The van der Waals surface area contributed by atoms with Gasteiger partial charge in [0.15, 0.2) is 5.82 Å². The van der Waals surface area contributed by atoms with Crippen molar-refractivity contribution >= 4 is 11.9 Å². The van der Waals surface area contributed by atoms with E-state index in [4.69, 9.17) is 4.52 Å². The Hall–Kier alpha value is -1.96. The predicted octanol–water partition coefficient (Wildman–Crippen LogP) is 1.10. The Labute approximate surface area is 135 Å². The fraction of sp³-hybridized carbons (Fsp3) is 0.733. The van der Waals surface area contributed by atoms with Crippen molar-refractivity contribution in [3.63, 3.8) is 0 Å². The monoisotopic (exact) mass is 321 g/mol. The number of likely N-dealkylation sites (tertiary alicyclic amines) is 1. The summed E-state index contributed by atoms with van der Waals surface area (Å²) in [6.07, 6.45) is 0.603. The van der Waals surface area contributed by atoms with Crippen LogP contribution in [0.1, 0.15) is 51.7 Å². The lowest BCUT2D eigenvalue weighted by Crippen LogP contribution is -2.49. The van der Waals surface area contributed by atoms with E-state index >= 15 is 0 Å². The molecule has 3 heterocycles. The zero-order valence-corrected chi connectivity index (χ0v) is 14.0. The van der Waals surface area contributed by atoms with Crippen LogP contribution < -0.4 is 5.32 Å². The van der Waals surface area contributed by atoms with Crippen LogP contribution in [-0.4, -0.2) is 56.5 Å². The lowest BCUT2D eigenvalue weighted by atomic mass is 9.99. The number of rotatable bonds is 4. The standard InChI is InChI=1S/C15H23N5O3/c1-9(2)12-16-11(23-18-12)7-19-6-5-15(8-19)13(21)20(10(3)4)14(22)17-15/h9-10H,5-8H2,1-4H3,(H,17,22)/t15-/m0/s1. The van der Waals surface area contributed by atoms with E-state index in [1.807, 2.05) is 27.7 Å². The maximum atomic E-state index is 12.6. The number of carbonyl (C=O) groups is 2. The molecule has 8 heteroatoms. The van der Waals surface area contributed by atoms with Crippen LogP contribution in [0.2, 0.25) is 0 Å². The Kier molecular flexibility index (Phi) is 3.87. The molecular formula is C15H23N5O3. The summed E-state index contributed by atoms with van der Waals surface area (Å²) >= 11 is 0. The van der Waals surface area contributed by atoms with Gasteiger partial charge in [-0.2, -0.15) is 4.98 Å². The fourth-order valence-corrected chi connectivity index (χ4v) is 3.17. The van der Waals surface area contributed by atoms with Gasteiger partial charge in [0.25, 0.3) is 5.91 Å². The Morgan fingerprint density at radius 3 is 2.61 bits per heavy atom. The molecule has 126 valence electrons. The zero-order valence-electron chi connectivity index (χ0n) is 14.0. The van der Waals surface area contributed by atoms with E-state index in [2.05, 4.69) is 20.4 Å². The van der Waals surface area contributed by atoms with E-state index < -0.39 is 5.54 Å². The van der Waals surface area contributed by atoms with Gasteiger partial charge in [-0.15, -0.1) is 0 Å². The Balaban J connectivity index is 1.68. The minimum absolute atomic E-state index is 0.131. The van der Waals surface area contributed by atoms with E-state index in [-0.39, 0.29) is 23.9 Å². The number of amides is 3. The molecular weight excluding hydrogens is 298 g/mol. The smallest absolute Gasteiger partial charge is 0.325 e. The van der Waals surface area contributed by atoms with Gasteiger partial charge in [-0.25, -0.2) is 4.79 Å². The first-order chi connectivity index (χ1) is 10.8. The molecule has 0 bridgehead atoms. The molecule has 8 nitrogen and oxygen atoms in total. The van der Waals surface area contributed by atoms with E-state index in [1.165, 1.54) is 4.90 Å². The minimum atomic E-state index is -0.803. The van der Waals surface area contributed by atoms with Crippen molar-refractivity contribution < 1.29 is 14.1 Å². The first-order valence-electron chi connectivity index (χ1n) is 8.03. The summed E-state index contributed by atoms with van der Waals surface area (Å²) in [7, 11) is 0. The number of hydrogen-bond donors (Lipinski definition) is 1. The maximum Gasteiger partial charge on any atom is 0.325 e. The molecule has 1 atom stereocenters. The molecule has 23 heavy (non-hydrogen) atoms. The van der Waals surface area contributed by atoms with Gasteiger partial charge in [-0.05, 0) is 20.3 Å². The van der Waals surface area contributed by atoms with E-state index in [0.29, 0.717) is 37.8 Å². The van der Waals surface area contributed by atoms with Gasteiger partial charge < -0.3 is 9.84 Å². The number of carbonyl (C=O) groups excluding carboxylic acids is 2. The lowest BCUT2D eigenvalue weighted by Gasteiger charge is -2.22. The average molecular weight is 321 g/mol. The van der Waals surface area contributed by atoms with Gasteiger partial charge >= 0.3 is 6.03 Å². The van der Waals surface area contributed by atoms with Crippen molar-refractivity contribution in [2.75, 3.05) is 13.1 Å². The molecule has 3 rings (SSSR count). The summed E-state index contributed by atoms with van der Waals surface area (Å²) in [6.45, 7) is 9.37. The number of nitrogens with one attached hydrogen (secondary N) is 1. The number of nitrogens with zero attached hydrogens (tertiary/aromatic N) is 4. The van der Waals surface area contributed by atoms with Crippen LogP contribution in [0.5, 0.6) is 0 Å². The molecule has 0 aliphatic carbocycles. The van der Waals surface area contributed by atoms with E-state index in [0.717, 1.165) is 0 Å². The highest BCUT2D eigenvalue weighted by atomic mass is 16.5. The summed E-state index contributed by atoms with van der Waals surface area (Å²) < 4.78 is 5.26. The summed E-state index contributed by atoms with van der Waals surface area (Å²) in [5.41, 5.74) is -0.803. The highest BCUT2D eigenvalue weighted by Crippen LogP contribution is 2.30. The molecule has 1 spiro atoms. The molecule has 1 aromatic rings. The Morgan fingerprint density at radius 2 is 2.04 bits per heavy atom. The molecule has 2 saturated heterocycles. The molecule has 0 saturated carbocycles. The van der Waals surface area contributed by atoms with Crippen LogP contribution in [0.3, 0.4) is 0 Å². The number of imide groups is 1. The topological polar surface area (TPSA) is 91.6 Å². The highest BCUT2D eigenvalue weighted by molar-refractivity contribution is 6.07. The second-order valence-electron chi connectivity index (χ2n) is 6.94. The highest BCUT2D eigenvalue weighted by Gasteiger charge is 2.55. The van der Waals surface area contributed by atoms with Crippen LogP contribution >= 0.6 is 0 Å². The molecule has 0 unspecified atom stereocenters. The predicted molar refractivity (Wildman–Crippen MR) is 81.5 cm³/mol. The van der Waals surface area contributed by atoms with Crippen LogP contribution in [0.4, 0.5) is 4.79 Å². The minimum Gasteiger partial charge on any atom is -0.338 e. The van der Waals surface area contributed by atoms with Crippen LogP contribution in [0.25, 0.3) is 0 Å². The number of hydrogen-bond acceptors (Lipinski definition) is 6. The summed E-state index contributed by atoms with van der Waals surface area (Å²) in [6, 6.07) is -0.438. The first-order valence-corrected chi connectivity index (χ1v) is 8.03. The number of urea groups is 1. The molecule has 2 fully saturated rings. The van der Waals surface area contributed by atoms with Gasteiger partial charge in [0, 0.05) is 25.0 Å². The second-order valence-corrected chi connectivity index (χ2v) is 6.94. The maximum absolute atomic E-state index is 12.6. The molecule has 2 aliphatic heterocycles. The summed E-state index contributed by atoms with van der Waals surface area (Å²) in [4.78, 5) is 32.4. The SMILES string of the molecule is CC(C)c1noc(CN2CC[C@@]3(C2)NC(=O)N(C(C)C)C3=O)n1. The molecule has 1 N–H and O–H groups in total. The molecule has 0 radical (unpaired) electrons. The van der Waals surface area contributed by atoms with Crippen molar-refractivity contribution in [3.05, 3.63) is 11.7 Å².